The summed E-state index contributed by atoms with van der Waals surface area (Å²) in [5.74, 6) is 0. The van der Waals surface area contributed by atoms with E-state index >= 15 is 0 Å². The minimum Gasteiger partial charge on any atom is -0.380 e. The van der Waals surface area contributed by atoms with Crippen molar-refractivity contribution in [1.82, 2.24) is 4.90 Å². The molecule has 1 saturated heterocycles. The van der Waals surface area contributed by atoms with Crippen molar-refractivity contribution in [3.05, 3.63) is 35.4 Å². The van der Waals surface area contributed by atoms with Crippen LogP contribution in [0.5, 0.6) is 0 Å². The van der Waals surface area contributed by atoms with Gasteiger partial charge in [-0.1, -0.05) is 24.3 Å². The molecule has 0 amide bonds. The molecule has 1 unspecified atom stereocenters. The molecule has 2 N–H and O–H groups in total. The van der Waals surface area contributed by atoms with E-state index in [0.717, 1.165) is 39.0 Å². The van der Waals surface area contributed by atoms with Crippen molar-refractivity contribution in [3.8, 4) is 0 Å². The van der Waals surface area contributed by atoms with E-state index in [2.05, 4.69) is 29.2 Å². The van der Waals surface area contributed by atoms with Gasteiger partial charge >= 0.3 is 0 Å². The quantitative estimate of drug-likeness (QED) is 0.837. The predicted octanol–water partition coefficient (Wildman–Crippen LogP) is 1.41. The normalized spacial score (nSPS) is 20.9. The zero-order valence-electron chi connectivity index (χ0n) is 10.6. The van der Waals surface area contributed by atoms with Crippen molar-refractivity contribution in [3.63, 3.8) is 0 Å². The zero-order chi connectivity index (χ0) is 12.1. The summed E-state index contributed by atoms with van der Waals surface area (Å²) in [6.45, 7) is 3.93. The molecular weight excluding hydrogens is 212 g/mol. The molecule has 17 heavy (non-hydrogen) atoms. The lowest BCUT2D eigenvalue weighted by atomic mass is 10.0. The molecule has 0 saturated carbocycles. The molecule has 1 heterocycles. The van der Waals surface area contributed by atoms with Gasteiger partial charge in [0.1, 0.15) is 0 Å². The third kappa shape index (κ3) is 3.28. The van der Waals surface area contributed by atoms with Crippen LogP contribution < -0.4 is 5.73 Å². The van der Waals surface area contributed by atoms with Gasteiger partial charge in [-0.15, -0.1) is 0 Å². The molecule has 0 spiro atoms. The average Bonchev–Trinajstić information content (AvgIpc) is 2.80. The maximum atomic E-state index is 5.65. The smallest absolute Gasteiger partial charge is 0.0710 e. The fourth-order valence-corrected chi connectivity index (χ4v) is 2.49. The number of nitrogens with zero attached hydrogens (tertiary/aromatic N) is 1. The number of ether oxygens (including phenoxy) is 1. The fourth-order valence-electron chi connectivity index (χ4n) is 2.49. The van der Waals surface area contributed by atoms with Gasteiger partial charge in [0, 0.05) is 26.7 Å². The average molecular weight is 234 g/mol. The van der Waals surface area contributed by atoms with Crippen LogP contribution in [0.25, 0.3) is 0 Å². The molecule has 0 aromatic heterocycles. The highest BCUT2D eigenvalue weighted by Crippen LogP contribution is 2.17. The Morgan fingerprint density at radius 2 is 2.12 bits per heavy atom. The Labute approximate surface area is 104 Å². The molecule has 1 fully saturated rings. The first kappa shape index (κ1) is 12.6. The lowest BCUT2D eigenvalue weighted by Crippen LogP contribution is -2.23. The molecule has 2 rings (SSSR count). The largest absolute Gasteiger partial charge is 0.380 e. The van der Waals surface area contributed by atoms with Gasteiger partial charge in [-0.05, 0) is 30.5 Å². The van der Waals surface area contributed by atoms with E-state index < -0.39 is 0 Å². The molecule has 0 radical (unpaired) electrons. The van der Waals surface area contributed by atoms with Crippen LogP contribution in [-0.2, 0) is 17.7 Å². The van der Waals surface area contributed by atoms with E-state index in [-0.39, 0.29) is 0 Å². The van der Waals surface area contributed by atoms with Crippen LogP contribution in [0.4, 0.5) is 0 Å². The number of methoxy groups -OCH3 is 1. The van der Waals surface area contributed by atoms with E-state index in [4.69, 9.17) is 10.5 Å². The van der Waals surface area contributed by atoms with Crippen molar-refractivity contribution in [1.29, 1.82) is 0 Å². The van der Waals surface area contributed by atoms with Crippen molar-refractivity contribution < 1.29 is 4.74 Å². The number of hydrogen-bond donors (Lipinski definition) is 1. The van der Waals surface area contributed by atoms with E-state index in [9.17, 15) is 0 Å². The van der Waals surface area contributed by atoms with Crippen LogP contribution >= 0.6 is 0 Å². The lowest BCUT2D eigenvalue weighted by molar-refractivity contribution is 0.107. The second-order valence-corrected chi connectivity index (χ2v) is 4.69. The highest BCUT2D eigenvalue weighted by molar-refractivity contribution is 5.27. The van der Waals surface area contributed by atoms with E-state index in [1.165, 1.54) is 11.1 Å². The summed E-state index contributed by atoms with van der Waals surface area (Å²) < 4.78 is 5.40. The van der Waals surface area contributed by atoms with Gasteiger partial charge in [-0.25, -0.2) is 0 Å². The molecule has 1 aliphatic heterocycles. The molecule has 1 atom stereocenters. The molecule has 1 aliphatic rings. The van der Waals surface area contributed by atoms with E-state index in [0.29, 0.717) is 6.10 Å². The van der Waals surface area contributed by atoms with Gasteiger partial charge in [0.05, 0.1) is 6.10 Å². The summed E-state index contributed by atoms with van der Waals surface area (Å²) in [6.07, 6.45) is 2.53. The van der Waals surface area contributed by atoms with Crippen LogP contribution in [0, 0.1) is 0 Å². The topological polar surface area (TPSA) is 38.5 Å². The van der Waals surface area contributed by atoms with Crippen molar-refractivity contribution in [2.45, 2.75) is 25.5 Å². The van der Waals surface area contributed by atoms with E-state index in [1.807, 2.05) is 0 Å². The summed E-state index contributed by atoms with van der Waals surface area (Å²) >= 11 is 0. The van der Waals surface area contributed by atoms with Crippen LogP contribution in [-0.4, -0.2) is 37.7 Å². The summed E-state index contributed by atoms with van der Waals surface area (Å²) in [5, 5.41) is 0. The molecule has 0 bridgehead atoms. The number of rotatable bonds is 5. The highest BCUT2D eigenvalue weighted by atomic mass is 16.5. The SMILES string of the molecule is COC1CCN(Cc2ccccc2CCN)C1. The molecular formula is C14H22N2O. The van der Waals surface area contributed by atoms with Gasteiger partial charge < -0.3 is 10.5 Å². The fraction of sp³-hybridized carbons (Fsp3) is 0.571. The first-order valence-corrected chi connectivity index (χ1v) is 6.35. The molecule has 3 heteroatoms. The Morgan fingerprint density at radius 1 is 1.35 bits per heavy atom. The summed E-state index contributed by atoms with van der Waals surface area (Å²) in [7, 11) is 1.80. The van der Waals surface area contributed by atoms with Crippen LogP contribution in [0.1, 0.15) is 17.5 Å². The first-order chi connectivity index (χ1) is 8.33. The standard InChI is InChI=1S/C14H22N2O/c1-17-14-7-9-16(11-14)10-13-5-3-2-4-12(13)6-8-15/h2-5,14H,6-11,15H2,1H3. The maximum Gasteiger partial charge on any atom is 0.0710 e. The van der Waals surface area contributed by atoms with E-state index in [1.54, 1.807) is 7.11 Å². The maximum absolute atomic E-state index is 5.65. The number of nitrogens with two attached hydrogens (primary N) is 1. The van der Waals surface area contributed by atoms with Gasteiger partial charge in [-0.2, -0.15) is 0 Å². The van der Waals surface area contributed by atoms with Gasteiger partial charge in [0.15, 0.2) is 0 Å². The first-order valence-electron chi connectivity index (χ1n) is 6.35. The molecule has 0 aliphatic carbocycles. The Hall–Kier alpha value is -0.900. The second kappa shape index (κ2) is 6.15. The van der Waals surface area contributed by atoms with Gasteiger partial charge in [-0.3, -0.25) is 4.90 Å². The molecule has 1 aromatic rings. The minimum absolute atomic E-state index is 0.414. The summed E-state index contributed by atoms with van der Waals surface area (Å²) in [5.41, 5.74) is 8.44. The molecule has 1 aromatic carbocycles. The second-order valence-electron chi connectivity index (χ2n) is 4.69. The van der Waals surface area contributed by atoms with Crippen molar-refractivity contribution in [2.75, 3.05) is 26.7 Å². The third-order valence-corrected chi connectivity index (χ3v) is 3.49. The predicted molar refractivity (Wildman–Crippen MR) is 69.9 cm³/mol. The molecule has 94 valence electrons. The highest BCUT2D eigenvalue weighted by Gasteiger charge is 2.22. The number of benzene rings is 1. The van der Waals surface area contributed by atoms with Gasteiger partial charge in [0.2, 0.25) is 0 Å². The zero-order valence-corrected chi connectivity index (χ0v) is 10.6. The van der Waals surface area contributed by atoms with Crippen molar-refractivity contribution in [2.24, 2.45) is 5.73 Å². The monoisotopic (exact) mass is 234 g/mol. The third-order valence-electron chi connectivity index (χ3n) is 3.49. The van der Waals surface area contributed by atoms with Crippen LogP contribution in [0.2, 0.25) is 0 Å². The minimum atomic E-state index is 0.414. The van der Waals surface area contributed by atoms with Crippen LogP contribution in [0.3, 0.4) is 0 Å². The molecule has 3 nitrogen and oxygen atoms in total. The number of likely N-dealkylation sites (tertiary alicyclic amines) is 1. The van der Waals surface area contributed by atoms with Crippen molar-refractivity contribution >= 4 is 0 Å². The summed E-state index contributed by atoms with van der Waals surface area (Å²) in [4.78, 5) is 2.46. The Balaban J connectivity index is 1.98. The summed E-state index contributed by atoms with van der Waals surface area (Å²) in [6, 6.07) is 8.60. The lowest BCUT2D eigenvalue weighted by Gasteiger charge is -2.18. The van der Waals surface area contributed by atoms with Gasteiger partial charge in [0.25, 0.3) is 0 Å². The number of hydrogen-bond acceptors (Lipinski definition) is 3. The Bertz CT molecular complexity index is 354. The Morgan fingerprint density at radius 3 is 2.76 bits per heavy atom. The van der Waals surface area contributed by atoms with Crippen LogP contribution in [0.15, 0.2) is 24.3 Å². The Kier molecular flexibility index (Phi) is 4.54.